The monoisotopic (exact) mass is 447 g/mol. The van der Waals surface area contributed by atoms with Gasteiger partial charge in [-0.05, 0) is 35.2 Å². The summed E-state index contributed by atoms with van der Waals surface area (Å²) in [4.78, 5) is 31.2. The van der Waals surface area contributed by atoms with Gasteiger partial charge >= 0.3 is 0 Å². The van der Waals surface area contributed by atoms with E-state index < -0.39 is 0 Å². The molecule has 4 rings (SSSR count). The SMILES string of the molecule is COc1ccc([C@@H](NC(=O)Cn2cnc3cc(-c4ccccc4)sc3c2=O)C(C)C)cc1. The zero-order valence-electron chi connectivity index (χ0n) is 18.2. The molecular weight excluding hydrogens is 422 g/mol. The van der Waals surface area contributed by atoms with Gasteiger partial charge in [-0.2, -0.15) is 0 Å². The normalized spacial score (nSPS) is 12.1. The Morgan fingerprint density at radius 1 is 1.12 bits per heavy atom. The molecule has 0 aliphatic carbocycles. The molecule has 1 atom stereocenters. The van der Waals surface area contributed by atoms with Crippen molar-refractivity contribution in [2.45, 2.75) is 26.4 Å². The predicted octanol–water partition coefficient (Wildman–Crippen LogP) is 4.65. The lowest BCUT2D eigenvalue weighted by Crippen LogP contribution is -2.36. The number of benzene rings is 2. The number of nitrogens with zero attached hydrogens (tertiary/aromatic N) is 2. The lowest BCUT2D eigenvalue weighted by molar-refractivity contribution is -0.122. The molecule has 0 saturated carbocycles. The number of ether oxygens (including phenoxy) is 1. The second-order valence-corrected chi connectivity index (χ2v) is 8.98. The number of thiophene rings is 1. The van der Waals surface area contributed by atoms with Crippen LogP contribution in [0.2, 0.25) is 0 Å². The summed E-state index contributed by atoms with van der Waals surface area (Å²) in [6, 6.07) is 19.3. The molecule has 0 bridgehead atoms. The van der Waals surface area contributed by atoms with E-state index in [9.17, 15) is 9.59 Å². The van der Waals surface area contributed by atoms with Gasteiger partial charge in [0.25, 0.3) is 5.56 Å². The van der Waals surface area contributed by atoms with Crippen LogP contribution in [-0.4, -0.2) is 22.6 Å². The van der Waals surface area contributed by atoms with Crippen LogP contribution in [0.15, 0.2) is 71.8 Å². The Hall–Kier alpha value is -3.45. The highest BCUT2D eigenvalue weighted by molar-refractivity contribution is 7.22. The smallest absolute Gasteiger partial charge is 0.271 e. The van der Waals surface area contributed by atoms with Crippen molar-refractivity contribution in [3.63, 3.8) is 0 Å². The first-order chi connectivity index (χ1) is 15.5. The Kier molecular flexibility index (Phi) is 6.37. The molecule has 2 heterocycles. The maximum atomic E-state index is 13.0. The standard InChI is InChI=1S/C25H25N3O3S/c1-16(2)23(18-9-11-19(31-3)12-10-18)27-22(29)14-28-15-26-20-13-21(32-24(20)25(28)30)17-7-5-4-6-8-17/h4-13,15-16,23H,14H2,1-3H3,(H,27,29)/t23-/m0/s1. The average molecular weight is 448 g/mol. The first kappa shape index (κ1) is 21.8. The summed E-state index contributed by atoms with van der Waals surface area (Å²) in [5.41, 5.74) is 2.47. The van der Waals surface area contributed by atoms with Crippen LogP contribution in [0.25, 0.3) is 20.7 Å². The van der Waals surface area contributed by atoms with Gasteiger partial charge in [-0.15, -0.1) is 11.3 Å². The third-order valence-electron chi connectivity index (χ3n) is 5.33. The Balaban J connectivity index is 1.54. The van der Waals surface area contributed by atoms with Crippen molar-refractivity contribution in [2.24, 2.45) is 5.92 Å². The summed E-state index contributed by atoms with van der Waals surface area (Å²) in [5, 5.41) is 3.06. The second kappa shape index (κ2) is 9.36. The first-order valence-electron chi connectivity index (χ1n) is 10.4. The van der Waals surface area contributed by atoms with Crippen molar-refractivity contribution in [1.29, 1.82) is 0 Å². The van der Waals surface area contributed by atoms with Gasteiger partial charge in [0.15, 0.2) is 0 Å². The lowest BCUT2D eigenvalue weighted by Gasteiger charge is -2.23. The van der Waals surface area contributed by atoms with Crippen LogP contribution in [0.1, 0.15) is 25.5 Å². The average Bonchev–Trinajstić information content (AvgIpc) is 3.25. The maximum absolute atomic E-state index is 13.0. The van der Waals surface area contributed by atoms with E-state index in [0.717, 1.165) is 21.8 Å². The van der Waals surface area contributed by atoms with Crippen molar-refractivity contribution in [2.75, 3.05) is 7.11 Å². The number of nitrogens with one attached hydrogen (secondary N) is 1. The predicted molar refractivity (Wildman–Crippen MR) is 128 cm³/mol. The molecule has 0 radical (unpaired) electrons. The third-order valence-corrected chi connectivity index (χ3v) is 6.50. The molecule has 4 aromatic rings. The van der Waals surface area contributed by atoms with Gasteiger partial charge < -0.3 is 10.1 Å². The Labute approximate surface area is 190 Å². The summed E-state index contributed by atoms with van der Waals surface area (Å²) in [7, 11) is 1.62. The van der Waals surface area contributed by atoms with Crippen molar-refractivity contribution >= 4 is 27.5 Å². The fraction of sp³-hybridized carbons (Fsp3) is 0.240. The molecule has 0 unspecified atom stereocenters. The highest BCUT2D eigenvalue weighted by atomic mass is 32.1. The minimum absolute atomic E-state index is 0.0836. The number of aromatic nitrogens is 2. The quantitative estimate of drug-likeness (QED) is 0.448. The molecule has 1 amide bonds. The minimum atomic E-state index is -0.234. The summed E-state index contributed by atoms with van der Waals surface area (Å²) < 4.78 is 7.14. The van der Waals surface area contributed by atoms with Gasteiger partial charge in [0.05, 0.1) is 25.0 Å². The highest BCUT2D eigenvalue weighted by Gasteiger charge is 2.19. The van der Waals surface area contributed by atoms with Crippen LogP contribution in [0, 0.1) is 5.92 Å². The van der Waals surface area contributed by atoms with Crippen LogP contribution in [0.5, 0.6) is 5.75 Å². The maximum Gasteiger partial charge on any atom is 0.271 e. The molecule has 7 heteroatoms. The molecule has 0 saturated heterocycles. The summed E-state index contributed by atoms with van der Waals surface area (Å²) in [6.45, 7) is 4.01. The summed E-state index contributed by atoms with van der Waals surface area (Å²) >= 11 is 1.40. The number of carbonyl (C=O) groups is 1. The Morgan fingerprint density at radius 3 is 2.50 bits per heavy atom. The van der Waals surface area contributed by atoms with E-state index in [1.54, 1.807) is 7.11 Å². The number of carbonyl (C=O) groups excluding carboxylic acids is 1. The van der Waals surface area contributed by atoms with Crippen LogP contribution in [0.4, 0.5) is 0 Å². The molecular formula is C25H25N3O3S. The number of methoxy groups -OCH3 is 1. The van der Waals surface area contributed by atoms with E-state index in [4.69, 9.17) is 4.74 Å². The molecule has 0 aliphatic heterocycles. The van der Waals surface area contributed by atoms with Crippen molar-refractivity contribution < 1.29 is 9.53 Å². The number of hydrogen-bond acceptors (Lipinski definition) is 5. The number of rotatable bonds is 7. The highest BCUT2D eigenvalue weighted by Crippen LogP contribution is 2.30. The zero-order valence-corrected chi connectivity index (χ0v) is 19.1. The van der Waals surface area contributed by atoms with Gasteiger partial charge in [0.1, 0.15) is 17.0 Å². The van der Waals surface area contributed by atoms with E-state index in [2.05, 4.69) is 10.3 Å². The summed E-state index contributed by atoms with van der Waals surface area (Å²) in [6.07, 6.45) is 1.45. The van der Waals surface area contributed by atoms with Gasteiger partial charge in [-0.25, -0.2) is 4.98 Å². The van der Waals surface area contributed by atoms with Crippen LogP contribution in [0.3, 0.4) is 0 Å². The molecule has 164 valence electrons. The first-order valence-corrected chi connectivity index (χ1v) is 11.3. The largest absolute Gasteiger partial charge is 0.497 e. The van der Waals surface area contributed by atoms with Crippen molar-refractivity contribution in [3.8, 4) is 16.2 Å². The zero-order chi connectivity index (χ0) is 22.7. The lowest BCUT2D eigenvalue weighted by atomic mass is 9.96. The van der Waals surface area contributed by atoms with Crippen LogP contribution < -0.4 is 15.6 Å². The van der Waals surface area contributed by atoms with Gasteiger partial charge in [-0.3, -0.25) is 14.2 Å². The van der Waals surface area contributed by atoms with Crippen LogP contribution in [-0.2, 0) is 11.3 Å². The van der Waals surface area contributed by atoms with E-state index in [0.29, 0.717) is 10.2 Å². The van der Waals surface area contributed by atoms with E-state index in [-0.39, 0.29) is 30.0 Å². The Bertz CT molecular complexity index is 1280. The topological polar surface area (TPSA) is 73.2 Å². The molecule has 6 nitrogen and oxygen atoms in total. The van der Waals surface area contributed by atoms with E-state index >= 15 is 0 Å². The van der Waals surface area contributed by atoms with Gasteiger partial charge in [0.2, 0.25) is 5.91 Å². The van der Waals surface area contributed by atoms with Crippen LogP contribution >= 0.6 is 11.3 Å². The van der Waals surface area contributed by atoms with Crippen molar-refractivity contribution in [1.82, 2.24) is 14.9 Å². The molecule has 0 aliphatic rings. The fourth-order valence-corrected chi connectivity index (χ4v) is 4.69. The van der Waals surface area contributed by atoms with Gasteiger partial charge in [0, 0.05) is 4.88 Å². The molecule has 1 N–H and O–H groups in total. The molecule has 2 aromatic heterocycles. The molecule has 32 heavy (non-hydrogen) atoms. The number of hydrogen-bond donors (Lipinski definition) is 1. The van der Waals surface area contributed by atoms with E-state index in [1.807, 2.05) is 74.5 Å². The van der Waals surface area contributed by atoms with Gasteiger partial charge in [-0.1, -0.05) is 56.3 Å². The minimum Gasteiger partial charge on any atom is -0.497 e. The summed E-state index contributed by atoms with van der Waals surface area (Å²) in [5.74, 6) is 0.706. The van der Waals surface area contributed by atoms with Crippen molar-refractivity contribution in [3.05, 3.63) is 82.9 Å². The molecule has 0 spiro atoms. The molecule has 2 aromatic carbocycles. The Morgan fingerprint density at radius 2 is 1.84 bits per heavy atom. The van der Waals surface area contributed by atoms with E-state index in [1.165, 1.54) is 22.2 Å². The third kappa shape index (κ3) is 4.57. The number of fused-ring (bicyclic) bond motifs is 1. The second-order valence-electron chi connectivity index (χ2n) is 7.93. The number of amides is 1. The molecule has 0 fully saturated rings. The fourth-order valence-electron chi connectivity index (χ4n) is 3.62.